The monoisotopic (exact) mass is 711 g/mol. The lowest BCUT2D eigenvalue weighted by Crippen LogP contribution is -2.33. The fraction of sp³-hybridized carbons (Fsp3) is 0. The molecule has 2 N–H and O–H groups in total. The Morgan fingerprint density at radius 1 is 0.972 bits per heavy atom. The van der Waals surface area contributed by atoms with E-state index in [1.165, 1.54) is 6.07 Å². The van der Waals surface area contributed by atoms with Crippen molar-refractivity contribution in [2.75, 3.05) is 5.32 Å². The molecule has 0 spiro atoms. The average molecular weight is 713 g/mol. The molecule has 0 atom stereocenters. The van der Waals surface area contributed by atoms with Crippen LogP contribution in [-0.4, -0.2) is 16.0 Å². The van der Waals surface area contributed by atoms with Crippen LogP contribution in [-0.2, 0) is 0 Å². The van der Waals surface area contributed by atoms with Gasteiger partial charge in [0.2, 0.25) is 5.89 Å². The number of thiocarbonyl (C=S) groups is 1. The summed E-state index contributed by atoms with van der Waals surface area (Å²) in [6.45, 7) is 0. The maximum atomic E-state index is 12.6. The van der Waals surface area contributed by atoms with Crippen LogP contribution in [0.25, 0.3) is 33.9 Å². The number of carbonyl (C=O) groups excluding carboxylic acids is 1. The van der Waals surface area contributed by atoms with Crippen molar-refractivity contribution in [1.82, 2.24) is 10.3 Å². The second-order valence-corrected chi connectivity index (χ2v) is 10.9. The smallest absolute Gasteiger partial charge is 0.293 e. The Morgan fingerprint density at radius 3 is 2.64 bits per heavy atom. The highest BCUT2D eigenvalue weighted by Gasteiger charge is 2.17. The lowest BCUT2D eigenvalue weighted by molar-refractivity contribution is 0.0951. The van der Waals surface area contributed by atoms with Gasteiger partial charge in [-0.2, -0.15) is 0 Å². The number of anilines is 1. The molecule has 0 unspecified atom stereocenters. The van der Waals surface area contributed by atoms with Crippen molar-refractivity contribution in [3.8, 4) is 22.8 Å². The van der Waals surface area contributed by atoms with Crippen molar-refractivity contribution in [2.24, 2.45) is 0 Å². The topological polar surface area (TPSA) is 80.3 Å². The molecule has 180 valence electrons. The van der Waals surface area contributed by atoms with E-state index in [2.05, 4.69) is 54.1 Å². The third-order valence-electron chi connectivity index (χ3n) is 5.05. The van der Waals surface area contributed by atoms with Crippen LogP contribution in [0.15, 0.2) is 80.0 Å². The second kappa shape index (κ2) is 10.5. The molecule has 0 saturated carbocycles. The second-order valence-electron chi connectivity index (χ2n) is 7.52. The summed E-state index contributed by atoms with van der Waals surface area (Å²) in [7, 11) is 0. The number of carbonyl (C=O) groups is 1. The lowest BCUT2D eigenvalue weighted by atomic mass is 10.2. The SMILES string of the molecule is O=C(NC(=S)Nc1ccc2oc(-c3cc(I)ccc3Br)nc2c1)c1ccc(-c2cc(Cl)ccc2Cl)o1. The summed E-state index contributed by atoms with van der Waals surface area (Å²) in [4.78, 5) is 17.3. The highest BCUT2D eigenvalue weighted by atomic mass is 127. The Hall–Kier alpha value is -2.44. The average Bonchev–Trinajstić information content (AvgIpc) is 3.49. The maximum absolute atomic E-state index is 12.6. The van der Waals surface area contributed by atoms with Crippen LogP contribution in [0, 0.1) is 3.57 Å². The number of amides is 1. The van der Waals surface area contributed by atoms with Crippen molar-refractivity contribution >= 4 is 102 Å². The van der Waals surface area contributed by atoms with Gasteiger partial charge in [0.15, 0.2) is 16.5 Å². The Kier molecular flexibility index (Phi) is 7.36. The van der Waals surface area contributed by atoms with Crippen LogP contribution >= 0.6 is 73.9 Å². The number of rotatable bonds is 4. The van der Waals surface area contributed by atoms with Gasteiger partial charge >= 0.3 is 0 Å². The van der Waals surface area contributed by atoms with E-state index in [4.69, 9.17) is 44.3 Å². The van der Waals surface area contributed by atoms with E-state index in [-0.39, 0.29) is 10.9 Å². The standard InChI is InChI=1S/C25H13BrCl2IN3O3S/c26-17-4-2-13(29)10-15(17)24-31-19-11-14(3-6-21(19)35-24)30-25(36)32-23(33)22-8-7-20(34-22)16-9-12(27)1-5-18(16)28/h1-11H,(H2,30,32,33,36). The van der Waals surface area contributed by atoms with Crippen molar-refractivity contribution in [1.29, 1.82) is 0 Å². The molecule has 0 aliphatic carbocycles. The van der Waals surface area contributed by atoms with E-state index >= 15 is 0 Å². The first kappa shape index (κ1) is 25.2. The Morgan fingerprint density at radius 2 is 1.81 bits per heavy atom. The molecule has 5 aromatic rings. The highest BCUT2D eigenvalue weighted by Crippen LogP contribution is 2.33. The van der Waals surface area contributed by atoms with Crippen molar-refractivity contribution in [3.05, 3.63) is 90.6 Å². The van der Waals surface area contributed by atoms with Gasteiger partial charge in [-0.15, -0.1) is 0 Å². The highest BCUT2D eigenvalue weighted by molar-refractivity contribution is 14.1. The lowest BCUT2D eigenvalue weighted by Gasteiger charge is -2.08. The molecular formula is C25H13BrCl2IN3O3S. The number of nitrogens with one attached hydrogen (secondary N) is 2. The van der Waals surface area contributed by atoms with Gasteiger partial charge in [0.1, 0.15) is 11.3 Å². The first-order valence-electron chi connectivity index (χ1n) is 10.3. The zero-order chi connectivity index (χ0) is 25.4. The third-order valence-corrected chi connectivity index (χ3v) is 7.19. The summed E-state index contributed by atoms with van der Waals surface area (Å²) in [5, 5.41) is 6.65. The van der Waals surface area contributed by atoms with E-state index in [1.807, 2.05) is 18.2 Å². The number of benzene rings is 3. The first-order valence-corrected chi connectivity index (χ1v) is 13.3. The number of halogens is 4. The fourth-order valence-electron chi connectivity index (χ4n) is 3.40. The van der Waals surface area contributed by atoms with Gasteiger partial charge < -0.3 is 14.2 Å². The quantitative estimate of drug-likeness (QED) is 0.144. The molecule has 5 rings (SSSR count). The van der Waals surface area contributed by atoms with E-state index in [9.17, 15) is 4.79 Å². The molecule has 0 bridgehead atoms. The van der Waals surface area contributed by atoms with Crippen LogP contribution in [0.3, 0.4) is 0 Å². The summed E-state index contributed by atoms with van der Waals surface area (Å²) >= 11 is 23.4. The molecule has 36 heavy (non-hydrogen) atoms. The van der Waals surface area contributed by atoms with E-state index < -0.39 is 5.91 Å². The number of hydrogen-bond acceptors (Lipinski definition) is 5. The molecule has 2 heterocycles. The molecular weight excluding hydrogens is 700 g/mol. The van der Waals surface area contributed by atoms with E-state index in [0.717, 1.165) is 13.6 Å². The molecule has 0 fully saturated rings. The maximum Gasteiger partial charge on any atom is 0.293 e. The number of furan rings is 1. The van der Waals surface area contributed by atoms with Crippen molar-refractivity contribution in [3.63, 3.8) is 0 Å². The van der Waals surface area contributed by atoms with Crippen LogP contribution in [0.2, 0.25) is 10.0 Å². The molecule has 0 aliphatic rings. The summed E-state index contributed by atoms with van der Waals surface area (Å²) in [6, 6.07) is 19.5. The Balaban J connectivity index is 1.29. The van der Waals surface area contributed by atoms with Crippen molar-refractivity contribution in [2.45, 2.75) is 0 Å². The normalized spacial score (nSPS) is 11.0. The molecule has 0 saturated heterocycles. The van der Waals surface area contributed by atoms with Crippen LogP contribution < -0.4 is 10.6 Å². The summed E-state index contributed by atoms with van der Waals surface area (Å²) < 4.78 is 13.5. The van der Waals surface area contributed by atoms with Gasteiger partial charge in [-0.05, 0) is 117 Å². The number of nitrogens with zero attached hydrogens (tertiary/aromatic N) is 1. The summed E-state index contributed by atoms with van der Waals surface area (Å²) in [6.07, 6.45) is 0. The largest absolute Gasteiger partial charge is 0.451 e. The zero-order valence-electron chi connectivity index (χ0n) is 17.9. The van der Waals surface area contributed by atoms with E-state index in [1.54, 1.807) is 42.5 Å². The molecule has 1 amide bonds. The first-order chi connectivity index (χ1) is 17.3. The molecule has 3 aromatic carbocycles. The van der Waals surface area contributed by atoms with Crippen LogP contribution in [0.4, 0.5) is 5.69 Å². The predicted molar refractivity (Wildman–Crippen MR) is 158 cm³/mol. The molecule has 0 radical (unpaired) electrons. The van der Waals surface area contributed by atoms with Gasteiger partial charge in [-0.25, -0.2) is 4.98 Å². The third kappa shape index (κ3) is 5.45. The van der Waals surface area contributed by atoms with Gasteiger partial charge in [-0.3, -0.25) is 10.1 Å². The number of oxazole rings is 1. The van der Waals surface area contributed by atoms with Gasteiger partial charge in [0, 0.05) is 24.3 Å². The zero-order valence-corrected chi connectivity index (χ0v) is 24.0. The van der Waals surface area contributed by atoms with Crippen LogP contribution in [0.1, 0.15) is 10.6 Å². The number of fused-ring (bicyclic) bond motifs is 1. The van der Waals surface area contributed by atoms with Gasteiger partial charge in [-0.1, -0.05) is 23.2 Å². The molecule has 2 aromatic heterocycles. The van der Waals surface area contributed by atoms with Gasteiger partial charge in [0.05, 0.1) is 10.6 Å². The summed E-state index contributed by atoms with van der Waals surface area (Å²) in [5.41, 5.74) is 3.34. The Labute approximate surface area is 242 Å². The molecule has 0 aliphatic heterocycles. The minimum absolute atomic E-state index is 0.0739. The summed E-state index contributed by atoms with van der Waals surface area (Å²) in [5.74, 6) is 0.477. The van der Waals surface area contributed by atoms with Crippen molar-refractivity contribution < 1.29 is 13.6 Å². The molecule has 6 nitrogen and oxygen atoms in total. The number of aromatic nitrogens is 1. The number of hydrogen-bond donors (Lipinski definition) is 2. The minimum Gasteiger partial charge on any atom is -0.451 e. The van der Waals surface area contributed by atoms with E-state index in [0.29, 0.717) is 44.0 Å². The fourth-order valence-corrected chi connectivity index (χ4v) is 4.90. The van der Waals surface area contributed by atoms with Gasteiger partial charge in [0.25, 0.3) is 5.91 Å². The minimum atomic E-state index is -0.509. The molecule has 11 heteroatoms. The van der Waals surface area contributed by atoms with Crippen LogP contribution in [0.5, 0.6) is 0 Å². The Bertz CT molecular complexity index is 1650. The predicted octanol–water partition coefficient (Wildman–Crippen LogP) is 8.56.